The molecule has 0 radical (unpaired) electrons. The molecule has 2 heterocycles. The molecule has 0 fully saturated rings. The van der Waals surface area contributed by atoms with Gasteiger partial charge >= 0.3 is 5.97 Å². The molecule has 2 N–H and O–H groups in total. The Morgan fingerprint density at radius 2 is 1.93 bits per heavy atom. The highest BCUT2D eigenvalue weighted by Crippen LogP contribution is 2.23. The van der Waals surface area contributed by atoms with Gasteiger partial charge in [0.2, 0.25) is 0 Å². The molecular weight excluding hydrogens is 363 g/mol. The van der Waals surface area contributed by atoms with Gasteiger partial charge in [-0.05, 0) is 37.1 Å². The lowest BCUT2D eigenvalue weighted by Crippen LogP contribution is -2.31. The van der Waals surface area contributed by atoms with E-state index < -0.39 is 17.9 Å². The van der Waals surface area contributed by atoms with E-state index in [1.54, 1.807) is 42.9 Å². The van der Waals surface area contributed by atoms with Crippen molar-refractivity contribution in [2.24, 2.45) is 7.05 Å². The average molecular weight is 384 g/mol. The zero-order valence-electron chi connectivity index (χ0n) is 16.0. The summed E-state index contributed by atoms with van der Waals surface area (Å²) in [5, 5.41) is 2.92. The summed E-state index contributed by atoms with van der Waals surface area (Å²) in [6.45, 7) is 3.38. The summed E-state index contributed by atoms with van der Waals surface area (Å²) >= 11 is 0. The lowest BCUT2D eigenvalue weighted by atomic mass is 10.0. The minimum absolute atomic E-state index is 0.263. The molecule has 2 aromatic heterocycles. The number of esters is 1. The van der Waals surface area contributed by atoms with Gasteiger partial charge in [0.05, 0.1) is 12.7 Å². The minimum Gasteiger partial charge on any atom is -0.465 e. The Balaban J connectivity index is 1.98. The zero-order valence-corrected chi connectivity index (χ0v) is 16.0. The quantitative estimate of drug-likeness (QED) is 0.662. The third-order valence-corrected chi connectivity index (χ3v) is 4.65. The molecule has 0 saturated carbocycles. The number of carbonyl (C=O) groups is 2. The van der Waals surface area contributed by atoms with Crippen LogP contribution in [0.3, 0.4) is 0 Å². The molecule has 3 rings (SSSR count). The molecule has 1 amide bonds. The van der Waals surface area contributed by atoms with Crippen LogP contribution in [0.1, 0.15) is 49.5 Å². The van der Waals surface area contributed by atoms with Crippen LogP contribution in [0.5, 0.6) is 0 Å². The Kier molecular flexibility index (Phi) is 5.30. The van der Waals surface area contributed by atoms with Crippen molar-refractivity contribution in [3.05, 3.63) is 76.4 Å². The first-order valence-corrected chi connectivity index (χ1v) is 8.64. The van der Waals surface area contributed by atoms with Gasteiger partial charge in [-0.3, -0.25) is 4.79 Å². The summed E-state index contributed by atoms with van der Waals surface area (Å²) in [7, 11) is 3.10. The van der Waals surface area contributed by atoms with Crippen LogP contribution in [0.2, 0.25) is 0 Å². The van der Waals surface area contributed by atoms with Crippen LogP contribution in [0.15, 0.2) is 36.7 Å². The second-order valence-corrected chi connectivity index (χ2v) is 6.47. The van der Waals surface area contributed by atoms with Crippen LogP contribution in [0.4, 0.5) is 4.39 Å². The Morgan fingerprint density at radius 3 is 2.50 bits per heavy atom. The van der Waals surface area contributed by atoms with Crippen molar-refractivity contribution in [1.29, 1.82) is 0 Å². The number of amides is 1. The van der Waals surface area contributed by atoms with Crippen LogP contribution < -0.4 is 5.32 Å². The van der Waals surface area contributed by atoms with E-state index in [2.05, 4.69) is 15.3 Å². The van der Waals surface area contributed by atoms with Gasteiger partial charge in [0, 0.05) is 25.1 Å². The summed E-state index contributed by atoms with van der Waals surface area (Å²) in [5.74, 6) is -0.695. The highest BCUT2D eigenvalue weighted by atomic mass is 19.1. The summed E-state index contributed by atoms with van der Waals surface area (Å²) in [6, 6.07) is 5.26. The molecule has 1 aromatic carbocycles. The lowest BCUT2D eigenvalue weighted by Gasteiger charge is -2.19. The molecule has 0 spiro atoms. The van der Waals surface area contributed by atoms with Crippen molar-refractivity contribution < 1.29 is 18.7 Å². The predicted octanol–water partition coefficient (Wildman–Crippen LogP) is 2.81. The maximum Gasteiger partial charge on any atom is 0.339 e. The van der Waals surface area contributed by atoms with Gasteiger partial charge < -0.3 is 19.6 Å². The maximum absolute atomic E-state index is 13.4. The van der Waals surface area contributed by atoms with E-state index in [9.17, 15) is 14.0 Å². The van der Waals surface area contributed by atoms with Crippen molar-refractivity contribution >= 4 is 11.9 Å². The summed E-state index contributed by atoms with van der Waals surface area (Å²) < 4.78 is 19.9. The Hall–Kier alpha value is -3.42. The first-order chi connectivity index (χ1) is 13.3. The third kappa shape index (κ3) is 3.53. The highest BCUT2D eigenvalue weighted by molar-refractivity contribution is 6.00. The number of aromatic amines is 1. The summed E-state index contributed by atoms with van der Waals surface area (Å²) in [4.78, 5) is 32.2. The minimum atomic E-state index is -0.599. The van der Waals surface area contributed by atoms with Crippen molar-refractivity contribution in [3.8, 4) is 0 Å². The Bertz CT molecular complexity index is 1020. The number of benzene rings is 1. The number of methoxy groups -OCH3 is 1. The van der Waals surface area contributed by atoms with Crippen LogP contribution in [0, 0.1) is 19.7 Å². The second-order valence-electron chi connectivity index (χ2n) is 6.47. The van der Waals surface area contributed by atoms with E-state index >= 15 is 0 Å². The number of nitrogens with zero attached hydrogens (tertiary/aromatic N) is 2. The number of halogens is 1. The van der Waals surface area contributed by atoms with Gasteiger partial charge in [0.15, 0.2) is 0 Å². The standard InChI is InChI=1S/C20H21FN4O3/c1-11-15(20(27)28-4)12(2)23-16(11)19(26)24-17(18-22-9-10-25(18)3)13-5-7-14(21)8-6-13/h5-10,17,23H,1-4H3,(H,24,26). The van der Waals surface area contributed by atoms with Crippen LogP contribution in [0.25, 0.3) is 0 Å². The number of ether oxygens (including phenoxy) is 1. The fraction of sp³-hybridized carbons (Fsp3) is 0.250. The van der Waals surface area contributed by atoms with Crippen LogP contribution in [-0.4, -0.2) is 33.5 Å². The maximum atomic E-state index is 13.4. The van der Waals surface area contributed by atoms with Crippen molar-refractivity contribution in [2.45, 2.75) is 19.9 Å². The summed E-state index contributed by atoms with van der Waals surface area (Å²) in [6.07, 6.45) is 3.38. The van der Waals surface area contributed by atoms with Gasteiger partial charge in [0.1, 0.15) is 23.4 Å². The average Bonchev–Trinajstić information content (AvgIpc) is 3.22. The number of rotatable bonds is 5. The van der Waals surface area contributed by atoms with Crippen molar-refractivity contribution in [3.63, 3.8) is 0 Å². The number of H-pyrrole nitrogens is 1. The number of aromatic nitrogens is 3. The molecular formula is C20H21FN4O3. The van der Waals surface area contributed by atoms with E-state index in [0.29, 0.717) is 28.2 Å². The van der Waals surface area contributed by atoms with Gasteiger partial charge in [0.25, 0.3) is 5.91 Å². The van der Waals surface area contributed by atoms with Crippen LogP contribution >= 0.6 is 0 Å². The first-order valence-electron chi connectivity index (χ1n) is 8.64. The van der Waals surface area contributed by atoms with E-state index in [1.807, 2.05) is 7.05 Å². The molecule has 0 aliphatic carbocycles. The Morgan fingerprint density at radius 1 is 1.25 bits per heavy atom. The van der Waals surface area contributed by atoms with E-state index in [1.165, 1.54) is 19.2 Å². The zero-order chi connectivity index (χ0) is 20.4. The van der Waals surface area contributed by atoms with E-state index in [0.717, 1.165) is 0 Å². The molecule has 0 aliphatic rings. The number of hydrogen-bond donors (Lipinski definition) is 2. The predicted molar refractivity (Wildman–Crippen MR) is 101 cm³/mol. The van der Waals surface area contributed by atoms with Gasteiger partial charge in [-0.25, -0.2) is 14.2 Å². The molecule has 3 aromatic rings. The fourth-order valence-corrected chi connectivity index (χ4v) is 3.20. The SMILES string of the molecule is COC(=O)c1c(C)[nH]c(C(=O)NC(c2ccc(F)cc2)c2nccn2C)c1C. The molecule has 1 unspecified atom stereocenters. The van der Waals surface area contributed by atoms with Crippen molar-refractivity contribution in [2.75, 3.05) is 7.11 Å². The highest BCUT2D eigenvalue weighted by Gasteiger charge is 2.26. The molecule has 7 nitrogen and oxygen atoms in total. The molecule has 1 atom stereocenters. The topological polar surface area (TPSA) is 89.0 Å². The normalized spacial score (nSPS) is 11.9. The number of hydrogen-bond acceptors (Lipinski definition) is 4. The van der Waals surface area contributed by atoms with Crippen LogP contribution in [-0.2, 0) is 11.8 Å². The monoisotopic (exact) mass is 384 g/mol. The van der Waals surface area contributed by atoms with E-state index in [4.69, 9.17) is 4.74 Å². The fourth-order valence-electron chi connectivity index (χ4n) is 3.20. The lowest BCUT2D eigenvalue weighted by molar-refractivity contribution is 0.0599. The number of nitrogens with one attached hydrogen (secondary N) is 2. The molecule has 8 heteroatoms. The largest absolute Gasteiger partial charge is 0.465 e. The number of imidazole rings is 1. The van der Waals surface area contributed by atoms with Gasteiger partial charge in [-0.2, -0.15) is 0 Å². The number of aryl methyl sites for hydroxylation is 2. The second kappa shape index (κ2) is 7.67. The number of carbonyl (C=O) groups excluding carboxylic acids is 2. The van der Waals surface area contributed by atoms with Crippen molar-refractivity contribution in [1.82, 2.24) is 19.9 Å². The molecule has 146 valence electrons. The van der Waals surface area contributed by atoms with Gasteiger partial charge in [-0.15, -0.1) is 0 Å². The molecule has 28 heavy (non-hydrogen) atoms. The molecule has 0 saturated heterocycles. The van der Waals surface area contributed by atoms with E-state index in [-0.39, 0.29) is 11.5 Å². The molecule has 0 bridgehead atoms. The third-order valence-electron chi connectivity index (χ3n) is 4.65. The Labute approximate surface area is 161 Å². The summed E-state index contributed by atoms with van der Waals surface area (Å²) in [5.41, 5.74) is 2.32. The van der Waals surface area contributed by atoms with Gasteiger partial charge in [-0.1, -0.05) is 12.1 Å². The smallest absolute Gasteiger partial charge is 0.339 e. The molecule has 0 aliphatic heterocycles. The first kappa shape index (κ1) is 19.3.